The second-order valence-corrected chi connectivity index (χ2v) is 8.33. The fraction of sp³-hybridized carbons (Fsp3) is 0.706. The van der Waals surface area contributed by atoms with Crippen LogP contribution in [0.15, 0.2) is 8.89 Å². The van der Waals surface area contributed by atoms with Gasteiger partial charge in [0.15, 0.2) is 0 Å². The van der Waals surface area contributed by atoms with E-state index in [9.17, 15) is 4.79 Å². The molecule has 3 nitrogen and oxygen atoms in total. The Morgan fingerprint density at radius 3 is 2.38 bits per heavy atom. The summed E-state index contributed by atoms with van der Waals surface area (Å²) in [5, 5.41) is 3.29. The minimum Gasteiger partial charge on any atom is -0.465 e. The number of amides is 1. The van der Waals surface area contributed by atoms with E-state index < -0.39 is 0 Å². The third-order valence-electron chi connectivity index (χ3n) is 6.51. The molecule has 1 aromatic heterocycles. The lowest BCUT2D eigenvalue weighted by Gasteiger charge is -2.39. The van der Waals surface area contributed by atoms with Gasteiger partial charge in [-0.25, -0.2) is 0 Å². The Kier molecular flexibility index (Phi) is 3.32. The highest BCUT2D eigenvalue weighted by Gasteiger charge is 2.61. The monoisotopic (exact) mass is 353 g/mol. The van der Waals surface area contributed by atoms with Crippen molar-refractivity contribution in [2.75, 3.05) is 0 Å². The van der Waals surface area contributed by atoms with Crippen molar-refractivity contribution in [3.8, 4) is 0 Å². The highest BCUT2D eigenvalue weighted by Crippen LogP contribution is 2.65. The summed E-state index contributed by atoms with van der Waals surface area (Å²) >= 11 is 3.47. The van der Waals surface area contributed by atoms with Crippen molar-refractivity contribution in [3.63, 3.8) is 0 Å². The Balaban J connectivity index is 1.84. The van der Waals surface area contributed by atoms with Gasteiger partial charge in [-0.3, -0.25) is 4.79 Å². The molecule has 2 aliphatic rings. The normalized spacial score (nSPS) is 33.4. The Morgan fingerprint density at radius 2 is 1.95 bits per heavy atom. The molecular formula is C17H24BrNO2. The van der Waals surface area contributed by atoms with E-state index in [0.717, 1.165) is 22.6 Å². The zero-order valence-corrected chi connectivity index (χ0v) is 15.1. The minimum absolute atomic E-state index is 0.00852. The van der Waals surface area contributed by atoms with Crippen LogP contribution in [0.1, 0.15) is 61.9 Å². The van der Waals surface area contributed by atoms with Gasteiger partial charge >= 0.3 is 0 Å². The van der Waals surface area contributed by atoms with E-state index in [-0.39, 0.29) is 17.4 Å². The quantitative estimate of drug-likeness (QED) is 0.843. The van der Waals surface area contributed by atoms with Crippen LogP contribution in [0.5, 0.6) is 0 Å². The molecule has 2 bridgehead atoms. The molecule has 4 heteroatoms. The molecule has 0 aliphatic heterocycles. The highest BCUT2D eigenvalue weighted by molar-refractivity contribution is 9.10. The summed E-state index contributed by atoms with van der Waals surface area (Å²) < 4.78 is 6.33. The molecule has 3 rings (SSSR count). The number of aryl methyl sites for hydroxylation is 2. The second-order valence-electron chi connectivity index (χ2n) is 7.54. The maximum atomic E-state index is 12.7. The average molecular weight is 354 g/mol. The molecule has 3 atom stereocenters. The van der Waals surface area contributed by atoms with Crippen LogP contribution in [-0.2, 0) is 0 Å². The van der Waals surface area contributed by atoms with Gasteiger partial charge in [0.25, 0.3) is 5.91 Å². The predicted octanol–water partition coefficient (Wildman–Crippen LogP) is 4.60. The van der Waals surface area contributed by atoms with Crippen molar-refractivity contribution in [2.24, 2.45) is 16.7 Å². The lowest BCUT2D eigenvalue weighted by atomic mass is 9.69. The summed E-state index contributed by atoms with van der Waals surface area (Å²) in [5.41, 5.74) is 1.16. The third kappa shape index (κ3) is 1.94. The Labute approximate surface area is 135 Å². The summed E-state index contributed by atoms with van der Waals surface area (Å²) in [6.45, 7) is 10.8. The number of nitrogens with one attached hydrogen (secondary N) is 1. The van der Waals surface area contributed by atoms with Gasteiger partial charge in [-0.1, -0.05) is 20.8 Å². The van der Waals surface area contributed by atoms with Gasteiger partial charge in [-0.05, 0) is 65.8 Å². The van der Waals surface area contributed by atoms with Gasteiger partial charge in [-0.2, -0.15) is 0 Å². The fourth-order valence-corrected chi connectivity index (χ4v) is 5.11. The zero-order valence-electron chi connectivity index (χ0n) is 13.5. The first-order valence-corrected chi connectivity index (χ1v) is 8.54. The number of furan rings is 1. The molecule has 0 spiro atoms. The van der Waals surface area contributed by atoms with Crippen molar-refractivity contribution < 1.29 is 9.21 Å². The number of hydrogen-bond donors (Lipinski definition) is 1. The Bertz CT molecular complexity index is 604. The second kappa shape index (κ2) is 4.61. The molecular weight excluding hydrogens is 330 g/mol. The molecule has 2 saturated carbocycles. The molecule has 1 N–H and O–H groups in total. The molecule has 2 fully saturated rings. The summed E-state index contributed by atoms with van der Waals surface area (Å²) in [7, 11) is 0. The zero-order chi connectivity index (χ0) is 15.6. The van der Waals surface area contributed by atoms with E-state index >= 15 is 0 Å². The molecule has 21 heavy (non-hydrogen) atoms. The number of hydrogen-bond acceptors (Lipinski definition) is 2. The lowest BCUT2D eigenvalue weighted by Crippen LogP contribution is -2.47. The van der Waals surface area contributed by atoms with Crippen molar-refractivity contribution in [1.29, 1.82) is 0 Å². The standard InChI is InChI=1S/C17H24BrNO2/c1-9-13(14(18)10(2)21-9)15(20)19-12-8-11-6-7-17(12,5)16(11,3)4/h11-12H,6-8H2,1-5H3,(H,19,20). The molecule has 1 amide bonds. The highest BCUT2D eigenvalue weighted by atomic mass is 79.9. The van der Waals surface area contributed by atoms with Crippen molar-refractivity contribution >= 4 is 21.8 Å². The first-order valence-electron chi connectivity index (χ1n) is 7.75. The average Bonchev–Trinajstić information content (AvgIpc) is 2.84. The largest absolute Gasteiger partial charge is 0.465 e. The van der Waals surface area contributed by atoms with Gasteiger partial charge in [0.1, 0.15) is 11.5 Å². The van der Waals surface area contributed by atoms with Gasteiger partial charge in [0, 0.05) is 6.04 Å². The van der Waals surface area contributed by atoms with E-state index in [2.05, 4.69) is 42.0 Å². The van der Waals surface area contributed by atoms with E-state index in [4.69, 9.17) is 4.42 Å². The van der Waals surface area contributed by atoms with Gasteiger partial charge in [0.2, 0.25) is 0 Å². The van der Waals surface area contributed by atoms with Crippen molar-refractivity contribution in [3.05, 3.63) is 21.6 Å². The lowest BCUT2D eigenvalue weighted by molar-refractivity contribution is 0.0824. The van der Waals surface area contributed by atoms with Crippen LogP contribution in [0.2, 0.25) is 0 Å². The predicted molar refractivity (Wildman–Crippen MR) is 86.4 cm³/mol. The van der Waals surface area contributed by atoms with Crippen molar-refractivity contribution in [2.45, 2.75) is 59.9 Å². The molecule has 0 radical (unpaired) electrons. The van der Waals surface area contributed by atoms with Crippen LogP contribution in [0, 0.1) is 30.6 Å². The maximum absolute atomic E-state index is 12.7. The van der Waals surface area contributed by atoms with E-state index in [1.54, 1.807) is 0 Å². The van der Waals surface area contributed by atoms with Gasteiger partial charge in [0.05, 0.1) is 10.0 Å². The van der Waals surface area contributed by atoms with Crippen LogP contribution in [0.3, 0.4) is 0 Å². The third-order valence-corrected chi connectivity index (χ3v) is 7.47. The van der Waals surface area contributed by atoms with Crippen molar-refractivity contribution in [1.82, 2.24) is 5.32 Å². The molecule has 0 aromatic carbocycles. The first kappa shape index (κ1) is 15.1. The van der Waals surface area contributed by atoms with E-state index in [0.29, 0.717) is 16.7 Å². The van der Waals surface area contributed by atoms with Crippen LogP contribution in [0.4, 0.5) is 0 Å². The molecule has 2 aliphatic carbocycles. The topological polar surface area (TPSA) is 42.2 Å². The minimum atomic E-state index is -0.00852. The van der Waals surface area contributed by atoms with E-state index in [1.165, 1.54) is 12.8 Å². The number of fused-ring (bicyclic) bond motifs is 2. The van der Waals surface area contributed by atoms with E-state index in [1.807, 2.05) is 13.8 Å². The smallest absolute Gasteiger partial charge is 0.256 e. The number of rotatable bonds is 2. The molecule has 3 unspecified atom stereocenters. The number of carbonyl (C=O) groups excluding carboxylic acids is 1. The number of carbonyl (C=O) groups is 1. The van der Waals surface area contributed by atoms with Crippen LogP contribution in [0.25, 0.3) is 0 Å². The fourth-order valence-electron chi connectivity index (χ4n) is 4.57. The summed E-state index contributed by atoms with van der Waals surface area (Å²) in [5.74, 6) is 2.16. The molecule has 0 saturated heterocycles. The summed E-state index contributed by atoms with van der Waals surface area (Å²) in [6, 6.07) is 0.264. The number of halogens is 1. The molecule has 1 aromatic rings. The SMILES string of the molecule is Cc1oc(C)c(C(=O)NC2CC3CCC2(C)C3(C)C)c1Br. The Morgan fingerprint density at radius 1 is 1.29 bits per heavy atom. The van der Waals surface area contributed by atoms with Gasteiger partial charge < -0.3 is 9.73 Å². The van der Waals surface area contributed by atoms with Crippen LogP contribution < -0.4 is 5.32 Å². The van der Waals surface area contributed by atoms with Crippen LogP contribution in [-0.4, -0.2) is 11.9 Å². The van der Waals surface area contributed by atoms with Gasteiger partial charge in [-0.15, -0.1) is 0 Å². The maximum Gasteiger partial charge on any atom is 0.256 e. The Hall–Kier alpha value is -0.770. The first-order chi connectivity index (χ1) is 9.68. The molecule has 1 heterocycles. The summed E-state index contributed by atoms with van der Waals surface area (Å²) in [6.07, 6.45) is 3.60. The summed E-state index contributed by atoms with van der Waals surface area (Å²) in [4.78, 5) is 12.7. The molecule has 116 valence electrons. The van der Waals surface area contributed by atoms with Crippen LogP contribution >= 0.6 is 15.9 Å².